The topological polar surface area (TPSA) is 29.5 Å². The van der Waals surface area contributed by atoms with Crippen LogP contribution in [0, 0.1) is 0 Å². The smallest absolute Gasteiger partial charge is 0.410 e. The quantitative estimate of drug-likeness (QED) is 0.685. The zero-order valence-corrected chi connectivity index (χ0v) is 10.4. The molecular weight excluding hydrogens is 202 g/mol. The predicted molar refractivity (Wildman–Crippen MR) is 63.4 cm³/mol. The van der Waals surface area contributed by atoms with Crippen LogP contribution >= 0.6 is 0 Å². The van der Waals surface area contributed by atoms with E-state index in [1.807, 2.05) is 4.90 Å². The van der Waals surface area contributed by atoms with Gasteiger partial charge in [0.1, 0.15) is 6.10 Å². The van der Waals surface area contributed by atoms with E-state index in [2.05, 4.69) is 13.8 Å². The molecule has 2 unspecified atom stereocenters. The molecule has 0 bridgehead atoms. The van der Waals surface area contributed by atoms with Gasteiger partial charge in [0.15, 0.2) is 0 Å². The monoisotopic (exact) mass is 225 g/mol. The van der Waals surface area contributed by atoms with E-state index in [0.717, 1.165) is 25.7 Å². The highest BCUT2D eigenvalue weighted by atomic mass is 16.6. The van der Waals surface area contributed by atoms with E-state index in [4.69, 9.17) is 4.74 Å². The molecule has 0 spiro atoms. The standard InChI is InChI=1S/C13H23NO2/c1-10-6-5-7-11(2)14(10)13(15)16-12-8-3-4-9-12/h10-12H,3-9H2,1-2H3. The maximum Gasteiger partial charge on any atom is 0.410 e. The summed E-state index contributed by atoms with van der Waals surface area (Å²) in [4.78, 5) is 14.0. The Labute approximate surface area is 98.1 Å². The van der Waals surface area contributed by atoms with Crippen LogP contribution in [-0.4, -0.2) is 29.2 Å². The molecule has 0 aromatic heterocycles. The van der Waals surface area contributed by atoms with Crippen molar-refractivity contribution in [3.63, 3.8) is 0 Å². The van der Waals surface area contributed by atoms with E-state index in [1.165, 1.54) is 19.3 Å². The minimum Gasteiger partial charge on any atom is -0.446 e. The lowest BCUT2D eigenvalue weighted by atomic mass is 9.98. The average Bonchev–Trinajstić information content (AvgIpc) is 2.70. The fourth-order valence-corrected chi connectivity index (χ4v) is 2.99. The van der Waals surface area contributed by atoms with Gasteiger partial charge in [-0.05, 0) is 58.8 Å². The highest BCUT2D eigenvalue weighted by Gasteiger charge is 2.32. The van der Waals surface area contributed by atoms with E-state index >= 15 is 0 Å². The maximum absolute atomic E-state index is 12.1. The molecule has 0 aromatic carbocycles. The molecule has 0 radical (unpaired) electrons. The van der Waals surface area contributed by atoms with Crippen LogP contribution in [0.3, 0.4) is 0 Å². The summed E-state index contributed by atoms with van der Waals surface area (Å²) in [5, 5.41) is 0. The van der Waals surface area contributed by atoms with Gasteiger partial charge in [-0.15, -0.1) is 0 Å². The van der Waals surface area contributed by atoms with Crippen LogP contribution in [0.4, 0.5) is 4.79 Å². The molecule has 1 saturated carbocycles. The van der Waals surface area contributed by atoms with Gasteiger partial charge in [-0.25, -0.2) is 4.79 Å². The van der Waals surface area contributed by atoms with Crippen LogP contribution < -0.4 is 0 Å². The Balaban J connectivity index is 1.90. The summed E-state index contributed by atoms with van der Waals surface area (Å²) in [5.74, 6) is 0. The lowest BCUT2D eigenvalue weighted by Crippen LogP contribution is -2.48. The SMILES string of the molecule is CC1CCCC(C)N1C(=O)OC1CCCC1. The van der Waals surface area contributed by atoms with Gasteiger partial charge in [0, 0.05) is 12.1 Å². The number of likely N-dealkylation sites (tertiary alicyclic amines) is 1. The zero-order chi connectivity index (χ0) is 11.5. The molecule has 0 aromatic rings. The van der Waals surface area contributed by atoms with Gasteiger partial charge in [-0.1, -0.05) is 0 Å². The van der Waals surface area contributed by atoms with E-state index in [1.54, 1.807) is 0 Å². The zero-order valence-electron chi connectivity index (χ0n) is 10.4. The summed E-state index contributed by atoms with van der Waals surface area (Å²) in [6, 6.07) is 0.690. The van der Waals surface area contributed by atoms with Gasteiger partial charge < -0.3 is 9.64 Å². The summed E-state index contributed by atoms with van der Waals surface area (Å²) >= 11 is 0. The number of carbonyl (C=O) groups is 1. The molecule has 0 N–H and O–H groups in total. The fourth-order valence-electron chi connectivity index (χ4n) is 2.99. The Kier molecular flexibility index (Phi) is 3.72. The number of hydrogen-bond donors (Lipinski definition) is 0. The van der Waals surface area contributed by atoms with Crippen LogP contribution in [0.15, 0.2) is 0 Å². The third kappa shape index (κ3) is 2.50. The Morgan fingerprint density at radius 1 is 1.00 bits per heavy atom. The number of amides is 1. The summed E-state index contributed by atoms with van der Waals surface area (Å²) in [7, 11) is 0. The summed E-state index contributed by atoms with van der Waals surface area (Å²) < 4.78 is 5.58. The highest BCUT2D eigenvalue weighted by Crippen LogP contribution is 2.26. The van der Waals surface area contributed by atoms with Gasteiger partial charge in [-0.2, -0.15) is 0 Å². The molecule has 16 heavy (non-hydrogen) atoms. The fraction of sp³-hybridized carbons (Fsp3) is 0.923. The van der Waals surface area contributed by atoms with Gasteiger partial charge in [-0.3, -0.25) is 0 Å². The van der Waals surface area contributed by atoms with E-state index < -0.39 is 0 Å². The third-order valence-corrected chi connectivity index (χ3v) is 3.97. The molecule has 3 heteroatoms. The number of carbonyl (C=O) groups excluding carboxylic acids is 1. The molecular formula is C13H23NO2. The van der Waals surface area contributed by atoms with Crippen molar-refractivity contribution in [2.75, 3.05) is 0 Å². The van der Waals surface area contributed by atoms with Crippen LogP contribution in [0.2, 0.25) is 0 Å². The third-order valence-electron chi connectivity index (χ3n) is 3.97. The lowest BCUT2D eigenvalue weighted by Gasteiger charge is -2.38. The molecule has 3 nitrogen and oxygen atoms in total. The van der Waals surface area contributed by atoms with Gasteiger partial charge in [0.25, 0.3) is 0 Å². The summed E-state index contributed by atoms with van der Waals surface area (Å²) in [6.07, 6.45) is 8.11. The number of rotatable bonds is 1. The van der Waals surface area contributed by atoms with Crippen LogP contribution in [-0.2, 0) is 4.74 Å². The van der Waals surface area contributed by atoms with Gasteiger partial charge >= 0.3 is 6.09 Å². The number of ether oxygens (including phenoxy) is 1. The van der Waals surface area contributed by atoms with Gasteiger partial charge in [0.2, 0.25) is 0 Å². The summed E-state index contributed by atoms with van der Waals surface area (Å²) in [5.41, 5.74) is 0. The normalized spacial score (nSPS) is 31.8. The van der Waals surface area contributed by atoms with Crippen molar-refractivity contribution in [2.45, 2.75) is 77.0 Å². The van der Waals surface area contributed by atoms with Crippen molar-refractivity contribution in [1.82, 2.24) is 4.90 Å². The number of nitrogens with zero attached hydrogens (tertiary/aromatic N) is 1. The number of hydrogen-bond acceptors (Lipinski definition) is 2. The molecule has 2 atom stereocenters. The van der Waals surface area contributed by atoms with Crippen LogP contribution in [0.25, 0.3) is 0 Å². The molecule has 2 aliphatic rings. The second-order valence-corrected chi connectivity index (χ2v) is 5.33. The average molecular weight is 225 g/mol. The first kappa shape index (κ1) is 11.7. The van der Waals surface area contributed by atoms with Crippen molar-refractivity contribution in [3.05, 3.63) is 0 Å². The van der Waals surface area contributed by atoms with Crippen molar-refractivity contribution >= 4 is 6.09 Å². The minimum absolute atomic E-state index is 0.0772. The Morgan fingerprint density at radius 2 is 1.56 bits per heavy atom. The molecule has 1 aliphatic carbocycles. The molecule has 1 heterocycles. The van der Waals surface area contributed by atoms with E-state index in [9.17, 15) is 4.79 Å². The second kappa shape index (κ2) is 5.07. The highest BCUT2D eigenvalue weighted by molar-refractivity contribution is 5.68. The first-order valence-corrected chi connectivity index (χ1v) is 6.67. The number of piperidine rings is 1. The van der Waals surface area contributed by atoms with E-state index in [-0.39, 0.29) is 12.2 Å². The first-order chi connectivity index (χ1) is 7.68. The molecule has 1 saturated heterocycles. The molecule has 1 amide bonds. The van der Waals surface area contributed by atoms with Crippen molar-refractivity contribution in [2.24, 2.45) is 0 Å². The summed E-state index contributed by atoms with van der Waals surface area (Å²) in [6.45, 7) is 4.26. The van der Waals surface area contributed by atoms with Crippen LogP contribution in [0.5, 0.6) is 0 Å². The molecule has 2 rings (SSSR count). The first-order valence-electron chi connectivity index (χ1n) is 6.67. The van der Waals surface area contributed by atoms with Crippen molar-refractivity contribution in [1.29, 1.82) is 0 Å². The van der Waals surface area contributed by atoms with Crippen LogP contribution in [0.1, 0.15) is 58.8 Å². The Hall–Kier alpha value is -0.730. The minimum atomic E-state index is -0.0772. The van der Waals surface area contributed by atoms with E-state index in [0.29, 0.717) is 12.1 Å². The Morgan fingerprint density at radius 3 is 2.12 bits per heavy atom. The van der Waals surface area contributed by atoms with Crippen molar-refractivity contribution < 1.29 is 9.53 Å². The largest absolute Gasteiger partial charge is 0.446 e. The molecule has 1 aliphatic heterocycles. The molecule has 2 fully saturated rings. The lowest BCUT2D eigenvalue weighted by molar-refractivity contribution is 0.0301. The maximum atomic E-state index is 12.1. The molecule has 92 valence electrons. The van der Waals surface area contributed by atoms with Crippen molar-refractivity contribution in [3.8, 4) is 0 Å². The second-order valence-electron chi connectivity index (χ2n) is 5.33. The Bertz CT molecular complexity index is 238. The predicted octanol–water partition coefficient (Wildman–Crippen LogP) is 3.33. The van der Waals surface area contributed by atoms with Gasteiger partial charge in [0.05, 0.1) is 0 Å².